The molecule has 0 spiro atoms. The first-order valence-corrected chi connectivity index (χ1v) is 15.2. The second kappa shape index (κ2) is 13.2. The van der Waals surface area contributed by atoms with Crippen LogP contribution in [0.1, 0.15) is 47.9 Å². The number of aromatic nitrogens is 1. The molecule has 0 atom stereocenters. The molecule has 3 aromatic rings. The molecule has 1 aliphatic carbocycles. The number of ether oxygens (including phenoxy) is 1. The van der Waals surface area contributed by atoms with Crippen LogP contribution < -0.4 is 15.0 Å². The Morgan fingerprint density at radius 2 is 1.63 bits per heavy atom. The minimum absolute atomic E-state index is 0.00427. The van der Waals surface area contributed by atoms with Gasteiger partial charge in [-0.2, -0.15) is 27.2 Å². The molecule has 0 unspecified atom stereocenters. The van der Waals surface area contributed by atoms with E-state index in [4.69, 9.17) is 10.00 Å². The van der Waals surface area contributed by atoms with Crippen molar-refractivity contribution in [3.8, 4) is 11.8 Å². The van der Waals surface area contributed by atoms with Crippen LogP contribution in [0.3, 0.4) is 0 Å². The van der Waals surface area contributed by atoms with E-state index in [1.807, 2.05) is 12.1 Å². The van der Waals surface area contributed by atoms with Crippen LogP contribution in [0, 0.1) is 11.3 Å². The van der Waals surface area contributed by atoms with Crippen LogP contribution in [0.2, 0.25) is 0 Å². The molecule has 228 valence electrons. The number of nitrogens with one attached hydrogen (secondary N) is 1. The van der Waals surface area contributed by atoms with E-state index in [1.165, 1.54) is 24.3 Å². The third-order valence-electron chi connectivity index (χ3n) is 7.89. The Morgan fingerprint density at radius 1 is 0.930 bits per heavy atom. The third kappa shape index (κ3) is 8.26. The van der Waals surface area contributed by atoms with Gasteiger partial charge in [0.15, 0.2) is 0 Å². The summed E-state index contributed by atoms with van der Waals surface area (Å²) < 4.78 is 70.3. The largest absolute Gasteiger partial charge is 0.490 e. The van der Waals surface area contributed by atoms with Crippen molar-refractivity contribution in [3.63, 3.8) is 0 Å². The van der Waals surface area contributed by atoms with Gasteiger partial charge in [0.2, 0.25) is 0 Å². The topological polar surface area (TPSA) is 64.4 Å². The van der Waals surface area contributed by atoms with Crippen molar-refractivity contribution < 1.29 is 26.7 Å². The molecule has 1 saturated carbocycles. The van der Waals surface area contributed by atoms with E-state index in [1.54, 1.807) is 24.4 Å². The zero-order chi connectivity index (χ0) is 30.6. The van der Waals surface area contributed by atoms with Gasteiger partial charge in [-0.15, -0.1) is 0 Å². The fourth-order valence-electron chi connectivity index (χ4n) is 5.56. The van der Waals surface area contributed by atoms with Gasteiger partial charge in [-0.05, 0) is 55.5 Å². The van der Waals surface area contributed by atoms with Crippen molar-refractivity contribution in [2.24, 2.45) is 0 Å². The summed E-state index contributed by atoms with van der Waals surface area (Å²) in [5.41, 5.74) is 0.0456. The maximum atomic E-state index is 13.5. The summed E-state index contributed by atoms with van der Waals surface area (Å²) in [6.07, 6.45) is 0.147. The molecule has 1 aromatic heterocycles. The van der Waals surface area contributed by atoms with Crippen LogP contribution in [0.15, 0.2) is 60.8 Å². The Kier molecular flexibility index (Phi) is 9.60. The summed E-state index contributed by atoms with van der Waals surface area (Å²) in [6.45, 7) is 3.89. The third-order valence-corrected chi connectivity index (χ3v) is 8.52. The number of hydrogen-bond donors (Lipinski definition) is 1. The van der Waals surface area contributed by atoms with Gasteiger partial charge in [0, 0.05) is 84.9 Å². The molecule has 1 saturated heterocycles. The maximum Gasteiger partial charge on any atom is 0.417 e. The van der Waals surface area contributed by atoms with Gasteiger partial charge in [0.25, 0.3) is 0 Å². The SMILES string of the molecule is N#Cc1ccc(NC2CCC(Oc3ccnc(N4CCN(Cc5ccc(C(F)(F)I)cc5)CC4)c3)CC2)cc1C(F)(F)F. The van der Waals surface area contributed by atoms with Gasteiger partial charge in [-0.3, -0.25) is 4.90 Å². The summed E-state index contributed by atoms with van der Waals surface area (Å²) in [5.74, 6) is 1.57. The highest BCUT2D eigenvalue weighted by molar-refractivity contribution is 14.1. The lowest BCUT2D eigenvalue weighted by Gasteiger charge is -2.35. The first-order chi connectivity index (χ1) is 20.5. The molecule has 2 aromatic carbocycles. The Labute approximate surface area is 261 Å². The lowest BCUT2D eigenvalue weighted by Crippen LogP contribution is -2.46. The Bertz CT molecular complexity index is 1420. The zero-order valence-electron chi connectivity index (χ0n) is 23.3. The van der Waals surface area contributed by atoms with Gasteiger partial charge in [0.1, 0.15) is 11.6 Å². The first kappa shape index (κ1) is 31.3. The van der Waals surface area contributed by atoms with Crippen molar-refractivity contribution in [3.05, 3.63) is 83.0 Å². The standard InChI is InChI=1S/C31H31F5IN5O/c32-30(33,34)28-17-25(6-3-22(28)19-38)40-24-7-9-26(10-8-24)43-27-11-12-39-29(18-27)42-15-13-41(14-16-42)20-21-1-4-23(5-2-21)31(35,36)37/h1-6,11-12,17-18,24,26,40H,7-10,13-16,20H2. The normalized spacial score (nSPS) is 20.0. The minimum atomic E-state index is -4.59. The molecular formula is C31H31F5IN5O. The smallest absolute Gasteiger partial charge is 0.417 e. The molecule has 2 fully saturated rings. The number of hydrogen-bond acceptors (Lipinski definition) is 6. The number of rotatable bonds is 8. The molecule has 6 nitrogen and oxygen atoms in total. The van der Waals surface area contributed by atoms with Gasteiger partial charge in [0.05, 0.1) is 23.3 Å². The highest BCUT2D eigenvalue weighted by Gasteiger charge is 2.34. The summed E-state index contributed by atoms with van der Waals surface area (Å²) in [7, 11) is 0. The van der Waals surface area contributed by atoms with Gasteiger partial charge in [-0.25, -0.2) is 4.98 Å². The van der Waals surface area contributed by atoms with E-state index in [-0.39, 0.29) is 23.3 Å². The van der Waals surface area contributed by atoms with Crippen molar-refractivity contribution in [2.45, 2.75) is 54.5 Å². The van der Waals surface area contributed by atoms with Crippen LogP contribution >= 0.6 is 22.6 Å². The lowest BCUT2D eigenvalue weighted by molar-refractivity contribution is -0.137. The number of pyridine rings is 1. The highest BCUT2D eigenvalue weighted by Crippen LogP contribution is 2.36. The number of piperazine rings is 1. The van der Waals surface area contributed by atoms with Crippen LogP contribution in [-0.4, -0.2) is 48.2 Å². The molecule has 1 N–H and O–H groups in total. The summed E-state index contributed by atoms with van der Waals surface area (Å²) in [4.78, 5) is 9.04. The van der Waals surface area contributed by atoms with E-state index < -0.39 is 15.7 Å². The second-order valence-corrected chi connectivity index (χ2v) is 12.3. The van der Waals surface area contributed by atoms with Crippen LogP contribution in [0.5, 0.6) is 5.75 Å². The first-order valence-electron chi connectivity index (χ1n) is 14.1. The van der Waals surface area contributed by atoms with Gasteiger partial charge in [-0.1, -0.05) is 24.3 Å². The minimum Gasteiger partial charge on any atom is -0.490 e. The predicted octanol–water partition coefficient (Wildman–Crippen LogP) is 7.58. The van der Waals surface area contributed by atoms with Crippen molar-refractivity contribution >= 4 is 34.1 Å². The quantitative estimate of drug-likeness (QED) is 0.148. The van der Waals surface area contributed by atoms with E-state index in [9.17, 15) is 22.0 Å². The molecular weight excluding hydrogens is 680 g/mol. The molecule has 12 heteroatoms. The molecule has 43 heavy (non-hydrogen) atoms. The van der Waals surface area contributed by atoms with E-state index in [0.29, 0.717) is 12.2 Å². The molecule has 5 rings (SSSR count). The Hall–Kier alpha value is -3.18. The maximum absolute atomic E-state index is 13.5. The number of benzene rings is 2. The van der Waals surface area contributed by atoms with Crippen LogP contribution in [0.25, 0.3) is 0 Å². The highest BCUT2D eigenvalue weighted by atomic mass is 127. The fourth-order valence-corrected chi connectivity index (χ4v) is 5.92. The van der Waals surface area contributed by atoms with E-state index in [2.05, 4.69) is 20.1 Å². The van der Waals surface area contributed by atoms with Crippen LogP contribution in [-0.2, 0) is 16.7 Å². The molecule has 2 heterocycles. The van der Waals surface area contributed by atoms with E-state index >= 15 is 0 Å². The number of halogens is 6. The number of nitrogens with zero attached hydrogens (tertiary/aromatic N) is 4. The molecule has 1 aliphatic heterocycles. The van der Waals surface area contributed by atoms with Gasteiger partial charge < -0.3 is 15.0 Å². The van der Waals surface area contributed by atoms with E-state index in [0.717, 1.165) is 97.7 Å². The summed E-state index contributed by atoms with van der Waals surface area (Å²) in [6, 6.07) is 15.6. The molecule has 0 radical (unpaired) electrons. The average molecular weight is 712 g/mol. The fraction of sp³-hybridized carbons (Fsp3) is 0.419. The number of alkyl halides is 6. The number of nitriles is 1. The lowest BCUT2D eigenvalue weighted by atomic mass is 9.92. The number of anilines is 2. The zero-order valence-corrected chi connectivity index (χ0v) is 25.4. The van der Waals surface area contributed by atoms with Crippen LogP contribution in [0.4, 0.5) is 33.5 Å². The monoisotopic (exact) mass is 711 g/mol. The van der Waals surface area contributed by atoms with Crippen molar-refractivity contribution in [1.82, 2.24) is 9.88 Å². The predicted molar refractivity (Wildman–Crippen MR) is 163 cm³/mol. The average Bonchev–Trinajstić information content (AvgIpc) is 2.98. The summed E-state index contributed by atoms with van der Waals surface area (Å²) in [5, 5.41) is 12.2. The van der Waals surface area contributed by atoms with Crippen molar-refractivity contribution in [1.29, 1.82) is 5.26 Å². The molecule has 0 bridgehead atoms. The van der Waals surface area contributed by atoms with Crippen molar-refractivity contribution in [2.75, 3.05) is 36.4 Å². The second-order valence-electron chi connectivity index (χ2n) is 10.9. The Morgan fingerprint density at radius 3 is 2.26 bits per heavy atom. The Balaban J connectivity index is 1.09. The summed E-state index contributed by atoms with van der Waals surface area (Å²) >= 11 is 1.14. The van der Waals surface area contributed by atoms with Gasteiger partial charge >= 0.3 is 10.1 Å². The molecule has 0 amide bonds. The molecule has 2 aliphatic rings.